The van der Waals surface area contributed by atoms with Crippen LogP contribution in [0.1, 0.15) is 37.4 Å². The number of nitrogens with one attached hydrogen (secondary N) is 2. The van der Waals surface area contributed by atoms with Crippen LogP contribution in [0, 0.1) is 0 Å². The molecule has 6 nitrogen and oxygen atoms in total. The van der Waals surface area contributed by atoms with Crippen molar-refractivity contribution in [3.8, 4) is 17.0 Å². The number of anilines is 2. The van der Waals surface area contributed by atoms with Gasteiger partial charge in [0.2, 0.25) is 5.91 Å². The molecule has 8 heteroatoms. The highest BCUT2D eigenvalue weighted by molar-refractivity contribution is 7.22. The SMILES string of the molecule is CCc1ccc2nc(Nc3nc(-c4ccc5c(c4)C(NC(C)=O)CCO5)cs3)sc2c1. The van der Waals surface area contributed by atoms with Gasteiger partial charge >= 0.3 is 0 Å². The normalized spacial score (nSPS) is 15.4. The summed E-state index contributed by atoms with van der Waals surface area (Å²) in [7, 11) is 0. The third-order valence-corrected chi connectivity index (χ3v) is 6.99. The summed E-state index contributed by atoms with van der Waals surface area (Å²) in [6, 6.07) is 12.4. The summed E-state index contributed by atoms with van der Waals surface area (Å²) in [5, 5.41) is 10.0. The Labute approximate surface area is 188 Å². The Bertz CT molecular complexity index is 1260. The van der Waals surface area contributed by atoms with Gasteiger partial charge in [0.25, 0.3) is 0 Å². The summed E-state index contributed by atoms with van der Waals surface area (Å²) in [5.74, 6) is 0.786. The van der Waals surface area contributed by atoms with Crippen LogP contribution < -0.4 is 15.4 Å². The average Bonchev–Trinajstić information content (AvgIpc) is 3.39. The van der Waals surface area contributed by atoms with Crippen LogP contribution in [0.3, 0.4) is 0 Å². The van der Waals surface area contributed by atoms with E-state index in [0.717, 1.165) is 51.2 Å². The topological polar surface area (TPSA) is 76.1 Å². The van der Waals surface area contributed by atoms with Gasteiger partial charge in [-0.15, -0.1) is 11.3 Å². The van der Waals surface area contributed by atoms with Gasteiger partial charge in [0.1, 0.15) is 5.75 Å². The van der Waals surface area contributed by atoms with Crippen molar-refractivity contribution in [1.82, 2.24) is 15.3 Å². The van der Waals surface area contributed by atoms with E-state index in [-0.39, 0.29) is 11.9 Å². The molecule has 2 aromatic heterocycles. The number of hydrogen-bond acceptors (Lipinski definition) is 7. The number of hydrogen-bond donors (Lipinski definition) is 2. The zero-order chi connectivity index (χ0) is 21.4. The third kappa shape index (κ3) is 4.13. The molecule has 0 radical (unpaired) electrons. The highest BCUT2D eigenvalue weighted by atomic mass is 32.1. The van der Waals surface area contributed by atoms with Gasteiger partial charge in [0.05, 0.1) is 28.6 Å². The van der Waals surface area contributed by atoms with Crippen LogP contribution in [0.2, 0.25) is 0 Å². The molecule has 1 atom stereocenters. The molecule has 0 bridgehead atoms. The number of fused-ring (bicyclic) bond motifs is 2. The van der Waals surface area contributed by atoms with Gasteiger partial charge in [-0.05, 0) is 42.3 Å². The molecule has 0 fully saturated rings. The minimum Gasteiger partial charge on any atom is -0.493 e. The number of nitrogens with zero attached hydrogens (tertiary/aromatic N) is 2. The van der Waals surface area contributed by atoms with Crippen molar-refractivity contribution in [1.29, 1.82) is 0 Å². The molecule has 31 heavy (non-hydrogen) atoms. The molecule has 0 saturated carbocycles. The third-order valence-electron chi connectivity index (χ3n) is 5.30. The first-order valence-corrected chi connectivity index (χ1v) is 11.9. The summed E-state index contributed by atoms with van der Waals surface area (Å²) in [5.41, 5.74) is 5.20. The summed E-state index contributed by atoms with van der Waals surface area (Å²) in [6.45, 7) is 4.30. The van der Waals surface area contributed by atoms with Gasteiger partial charge in [0.15, 0.2) is 10.3 Å². The van der Waals surface area contributed by atoms with Crippen LogP contribution in [0.4, 0.5) is 10.3 Å². The number of benzene rings is 2. The molecule has 0 spiro atoms. The molecular weight excluding hydrogens is 428 g/mol. The molecule has 2 N–H and O–H groups in total. The maximum absolute atomic E-state index is 11.6. The van der Waals surface area contributed by atoms with E-state index in [1.54, 1.807) is 29.6 Å². The fraction of sp³-hybridized carbons (Fsp3) is 0.261. The molecule has 5 rings (SSSR count). The molecule has 1 unspecified atom stereocenters. The van der Waals surface area contributed by atoms with Gasteiger partial charge in [-0.3, -0.25) is 4.79 Å². The number of aromatic nitrogens is 2. The lowest BCUT2D eigenvalue weighted by molar-refractivity contribution is -0.119. The first-order valence-electron chi connectivity index (χ1n) is 10.3. The fourth-order valence-electron chi connectivity index (χ4n) is 3.75. The van der Waals surface area contributed by atoms with Crippen molar-refractivity contribution < 1.29 is 9.53 Å². The Morgan fingerprint density at radius 3 is 2.94 bits per heavy atom. The number of ether oxygens (including phenoxy) is 1. The lowest BCUT2D eigenvalue weighted by atomic mass is 9.97. The molecule has 158 valence electrons. The molecule has 1 aliphatic rings. The smallest absolute Gasteiger partial charge is 0.217 e. The van der Waals surface area contributed by atoms with Crippen molar-refractivity contribution in [2.45, 2.75) is 32.7 Å². The monoisotopic (exact) mass is 450 g/mol. The lowest BCUT2D eigenvalue weighted by Crippen LogP contribution is -2.30. The van der Waals surface area contributed by atoms with Gasteiger partial charge in [-0.25, -0.2) is 9.97 Å². The van der Waals surface area contributed by atoms with Crippen molar-refractivity contribution in [3.63, 3.8) is 0 Å². The molecule has 2 aromatic carbocycles. The minimum absolute atomic E-state index is 0.0341. The number of rotatable bonds is 5. The van der Waals surface area contributed by atoms with Crippen LogP contribution in [0.15, 0.2) is 41.8 Å². The fourth-order valence-corrected chi connectivity index (χ4v) is 5.46. The zero-order valence-electron chi connectivity index (χ0n) is 17.3. The van der Waals surface area contributed by atoms with E-state index in [1.165, 1.54) is 10.3 Å². The summed E-state index contributed by atoms with van der Waals surface area (Å²) >= 11 is 3.19. The van der Waals surface area contributed by atoms with E-state index in [4.69, 9.17) is 9.72 Å². The predicted octanol–water partition coefficient (Wildman–Crippen LogP) is 5.69. The first kappa shape index (κ1) is 20.0. The largest absolute Gasteiger partial charge is 0.493 e. The maximum Gasteiger partial charge on any atom is 0.217 e. The predicted molar refractivity (Wildman–Crippen MR) is 127 cm³/mol. The van der Waals surface area contributed by atoms with Gasteiger partial charge < -0.3 is 15.4 Å². The summed E-state index contributed by atoms with van der Waals surface area (Å²) in [4.78, 5) is 21.0. The van der Waals surface area contributed by atoms with Crippen molar-refractivity contribution in [3.05, 3.63) is 52.9 Å². The second-order valence-corrected chi connectivity index (χ2v) is 9.37. The van der Waals surface area contributed by atoms with E-state index in [2.05, 4.69) is 46.8 Å². The Balaban J connectivity index is 1.39. The van der Waals surface area contributed by atoms with E-state index in [9.17, 15) is 4.79 Å². The van der Waals surface area contributed by atoms with Gasteiger partial charge in [0, 0.05) is 29.9 Å². The number of amides is 1. The van der Waals surface area contributed by atoms with Crippen molar-refractivity contribution >= 4 is 49.1 Å². The van der Waals surface area contributed by atoms with E-state index >= 15 is 0 Å². The van der Waals surface area contributed by atoms with Gasteiger partial charge in [-0.2, -0.15) is 0 Å². The van der Waals surface area contributed by atoms with Crippen LogP contribution in [-0.4, -0.2) is 22.5 Å². The lowest BCUT2D eigenvalue weighted by Gasteiger charge is -2.26. The molecule has 1 aliphatic heterocycles. The zero-order valence-corrected chi connectivity index (χ0v) is 18.9. The minimum atomic E-state index is -0.0368. The van der Waals surface area contributed by atoms with Crippen LogP contribution in [0.5, 0.6) is 5.75 Å². The van der Waals surface area contributed by atoms with E-state index in [1.807, 2.05) is 17.5 Å². The van der Waals surface area contributed by atoms with E-state index < -0.39 is 0 Å². The molecular formula is C23H22N4O2S2. The Morgan fingerprint density at radius 1 is 1.19 bits per heavy atom. The molecule has 0 aliphatic carbocycles. The molecule has 4 aromatic rings. The van der Waals surface area contributed by atoms with Crippen molar-refractivity contribution in [2.24, 2.45) is 0 Å². The Hall–Kier alpha value is -2.97. The highest BCUT2D eigenvalue weighted by Crippen LogP contribution is 2.37. The second kappa shape index (κ2) is 8.28. The summed E-state index contributed by atoms with van der Waals surface area (Å²) < 4.78 is 6.95. The standard InChI is InChI=1S/C23H22N4O2S2/c1-3-14-4-6-18-21(10-14)31-23(25-18)27-22-26-19(12-30-22)15-5-7-20-16(11-15)17(8-9-29-20)24-13(2)28/h4-7,10-12,17H,3,8-9H2,1-2H3,(H,24,28)(H,25,26,27). The summed E-state index contributed by atoms with van der Waals surface area (Å²) in [6.07, 6.45) is 1.78. The van der Waals surface area contributed by atoms with Crippen LogP contribution >= 0.6 is 22.7 Å². The number of carbonyl (C=O) groups excluding carboxylic acids is 1. The number of thiazole rings is 2. The Morgan fingerprint density at radius 2 is 2.10 bits per heavy atom. The highest BCUT2D eigenvalue weighted by Gasteiger charge is 2.23. The van der Waals surface area contributed by atoms with Crippen molar-refractivity contribution in [2.75, 3.05) is 11.9 Å². The quantitative estimate of drug-likeness (QED) is 0.409. The number of carbonyl (C=O) groups is 1. The van der Waals surface area contributed by atoms with Crippen LogP contribution in [0.25, 0.3) is 21.5 Å². The second-order valence-electron chi connectivity index (χ2n) is 7.48. The van der Waals surface area contributed by atoms with Crippen LogP contribution in [-0.2, 0) is 11.2 Å². The molecule has 0 saturated heterocycles. The Kier molecular flexibility index (Phi) is 5.33. The van der Waals surface area contributed by atoms with E-state index in [0.29, 0.717) is 6.61 Å². The average molecular weight is 451 g/mol. The molecule has 1 amide bonds. The maximum atomic E-state index is 11.6. The number of aryl methyl sites for hydroxylation is 1. The molecule has 3 heterocycles. The van der Waals surface area contributed by atoms with Gasteiger partial charge in [-0.1, -0.05) is 24.3 Å². The first-order chi connectivity index (χ1) is 15.1.